The van der Waals surface area contributed by atoms with Gasteiger partial charge in [0, 0.05) is 19.0 Å². The molecule has 0 spiro atoms. The summed E-state index contributed by atoms with van der Waals surface area (Å²) in [7, 11) is 0. The highest BCUT2D eigenvalue weighted by atomic mass is 16.5. The second kappa shape index (κ2) is 4.36. The number of aryl methyl sites for hydroxylation is 2. The lowest BCUT2D eigenvalue weighted by molar-refractivity contribution is -0.141. The number of aromatic nitrogens is 1. The molecule has 6 heteroatoms. The van der Waals surface area contributed by atoms with Crippen LogP contribution in [0.15, 0.2) is 4.52 Å². The molecule has 2 atom stereocenters. The molecule has 0 aromatic carbocycles. The van der Waals surface area contributed by atoms with Crippen molar-refractivity contribution in [3.63, 3.8) is 0 Å². The minimum absolute atomic E-state index is 0.0854. The Balaban J connectivity index is 1.82. The standard InChI is InChI=1S/C13H16N2O4/c1-3-10-11(7(2)19-14-10)12(16)15-4-8-6-18-13(17)9(8)5-15/h8-9H,3-6H2,1-2H3/t8-,9-/m1/s1. The maximum absolute atomic E-state index is 12.5. The van der Waals surface area contributed by atoms with Crippen molar-refractivity contribution in [1.82, 2.24) is 10.1 Å². The monoisotopic (exact) mass is 264 g/mol. The average molecular weight is 264 g/mol. The van der Waals surface area contributed by atoms with Gasteiger partial charge in [-0.15, -0.1) is 0 Å². The van der Waals surface area contributed by atoms with Crippen LogP contribution in [0.1, 0.15) is 28.7 Å². The fraction of sp³-hybridized carbons (Fsp3) is 0.615. The molecule has 102 valence electrons. The SMILES string of the molecule is CCc1noc(C)c1C(=O)N1C[C@@H]2COC(=O)[C@@H]2C1. The van der Waals surface area contributed by atoms with E-state index in [4.69, 9.17) is 9.26 Å². The van der Waals surface area contributed by atoms with Crippen molar-refractivity contribution < 1.29 is 18.8 Å². The molecule has 0 bridgehead atoms. The Morgan fingerprint density at radius 3 is 2.95 bits per heavy atom. The highest BCUT2D eigenvalue weighted by Gasteiger charge is 2.46. The summed E-state index contributed by atoms with van der Waals surface area (Å²) in [5.74, 6) is 0.258. The van der Waals surface area contributed by atoms with Crippen LogP contribution in [-0.2, 0) is 16.0 Å². The number of carbonyl (C=O) groups is 2. The van der Waals surface area contributed by atoms with Crippen LogP contribution in [0.25, 0.3) is 0 Å². The molecule has 6 nitrogen and oxygen atoms in total. The van der Waals surface area contributed by atoms with Crippen LogP contribution in [-0.4, -0.2) is 41.6 Å². The Kier molecular flexibility index (Phi) is 2.80. The number of fused-ring (bicyclic) bond motifs is 1. The molecule has 1 aromatic heterocycles. The van der Waals surface area contributed by atoms with Crippen molar-refractivity contribution in [2.24, 2.45) is 11.8 Å². The van der Waals surface area contributed by atoms with E-state index in [0.717, 1.165) is 0 Å². The van der Waals surface area contributed by atoms with Gasteiger partial charge in [-0.1, -0.05) is 12.1 Å². The number of hydrogen-bond acceptors (Lipinski definition) is 5. The van der Waals surface area contributed by atoms with Gasteiger partial charge in [0.1, 0.15) is 11.3 Å². The van der Waals surface area contributed by atoms with E-state index < -0.39 is 0 Å². The van der Waals surface area contributed by atoms with Crippen LogP contribution in [0.2, 0.25) is 0 Å². The van der Waals surface area contributed by atoms with Gasteiger partial charge in [-0.05, 0) is 13.3 Å². The number of amides is 1. The zero-order valence-electron chi connectivity index (χ0n) is 11.0. The first-order valence-electron chi connectivity index (χ1n) is 6.52. The Morgan fingerprint density at radius 2 is 2.26 bits per heavy atom. The molecule has 0 saturated carbocycles. The van der Waals surface area contributed by atoms with Crippen molar-refractivity contribution in [2.45, 2.75) is 20.3 Å². The summed E-state index contributed by atoms with van der Waals surface area (Å²) >= 11 is 0. The molecular formula is C13H16N2O4. The Bertz CT molecular complexity index is 537. The normalized spacial score (nSPS) is 25.6. The van der Waals surface area contributed by atoms with E-state index in [1.54, 1.807) is 11.8 Å². The molecule has 3 heterocycles. The topological polar surface area (TPSA) is 72.6 Å². The second-order valence-corrected chi connectivity index (χ2v) is 5.12. The fourth-order valence-corrected chi connectivity index (χ4v) is 2.86. The van der Waals surface area contributed by atoms with Gasteiger partial charge in [-0.25, -0.2) is 0 Å². The summed E-state index contributed by atoms with van der Waals surface area (Å²) in [6, 6.07) is 0. The number of carbonyl (C=O) groups excluding carboxylic acids is 2. The zero-order chi connectivity index (χ0) is 13.6. The minimum atomic E-state index is -0.182. The third kappa shape index (κ3) is 1.82. The number of likely N-dealkylation sites (tertiary alicyclic amines) is 1. The number of rotatable bonds is 2. The van der Waals surface area contributed by atoms with Crippen molar-refractivity contribution >= 4 is 11.9 Å². The summed E-state index contributed by atoms with van der Waals surface area (Å²) in [5.41, 5.74) is 1.23. The van der Waals surface area contributed by atoms with Crippen LogP contribution >= 0.6 is 0 Å². The number of ether oxygens (including phenoxy) is 1. The number of nitrogens with zero attached hydrogens (tertiary/aromatic N) is 2. The smallest absolute Gasteiger partial charge is 0.311 e. The molecule has 2 fully saturated rings. The Labute approximate surface area is 110 Å². The molecule has 2 aliphatic rings. The van der Waals surface area contributed by atoms with E-state index >= 15 is 0 Å². The molecular weight excluding hydrogens is 248 g/mol. The number of esters is 1. The summed E-state index contributed by atoms with van der Waals surface area (Å²) < 4.78 is 10.1. The number of cyclic esters (lactones) is 1. The van der Waals surface area contributed by atoms with E-state index in [2.05, 4.69) is 5.16 Å². The summed E-state index contributed by atoms with van der Waals surface area (Å²) in [6.07, 6.45) is 0.654. The molecule has 3 rings (SSSR count). The van der Waals surface area contributed by atoms with Crippen LogP contribution in [0.5, 0.6) is 0 Å². The van der Waals surface area contributed by atoms with Gasteiger partial charge in [0.15, 0.2) is 0 Å². The molecule has 0 N–H and O–H groups in total. The van der Waals surface area contributed by atoms with Gasteiger partial charge in [0.2, 0.25) is 0 Å². The van der Waals surface area contributed by atoms with E-state index in [1.807, 2.05) is 6.92 Å². The molecule has 2 aliphatic heterocycles. The average Bonchev–Trinajstić information content (AvgIpc) is 3.05. The summed E-state index contributed by atoms with van der Waals surface area (Å²) in [4.78, 5) is 25.7. The van der Waals surface area contributed by atoms with Gasteiger partial charge in [0.25, 0.3) is 5.91 Å². The van der Waals surface area contributed by atoms with Crippen molar-refractivity contribution in [2.75, 3.05) is 19.7 Å². The summed E-state index contributed by atoms with van der Waals surface area (Å²) in [6.45, 7) is 5.12. The van der Waals surface area contributed by atoms with Crippen LogP contribution in [0, 0.1) is 18.8 Å². The van der Waals surface area contributed by atoms with Crippen LogP contribution < -0.4 is 0 Å². The molecule has 1 aromatic rings. The molecule has 1 amide bonds. The van der Waals surface area contributed by atoms with Gasteiger partial charge in [-0.2, -0.15) is 0 Å². The first-order chi connectivity index (χ1) is 9.11. The predicted octanol–water partition coefficient (Wildman–Crippen LogP) is 0.790. The second-order valence-electron chi connectivity index (χ2n) is 5.12. The van der Waals surface area contributed by atoms with Crippen molar-refractivity contribution in [3.8, 4) is 0 Å². The Morgan fingerprint density at radius 1 is 1.47 bits per heavy atom. The zero-order valence-corrected chi connectivity index (χ0v) is 11.0. The first-order valence-corrected chi connectivity index (χ1v) is 6.52. The highest BCUT2D eigenvalue weighted by molar-refractivity contribution is 5.97. The van der Waals surface area contributed by atoms with Gasteiger partial charge >= 0.3 is 5.97 Å². The van der Waals surface area contributed by atoms with Gasteiger partial charge in [0.05, 0.1) is 18.2 Å². The third-order valence-corrected chi connectivity index (χ3v) is 3.95. The predicted molar refractivity (Wildman–Crippen MR) is 64.5 cm³/mol. The van der Waals surface area contributed by atoms with Gasteiger partial charge in [-0.3, -0.25) is 9.59 Å². The maximum Gasteiger partial charge on any atom is 0.311 e. The highest BCUT2D eigenvalue weighted by Crippen LogP contribution is 2.31. The Hall–Kier alpha value is -1.85. The minimum Gasteiger partial charge on any atom is -0.465 e. The van der Waals surface area contributed by atoms with Crippen molar-refractivity contribution in [1.29, 1.82) is 0 Å². The molecule has 0 radical (unpaired) electrons. The quantitative estimate of drug-likeness (QED) is 0.738. The van der Waals surface area contributed by atoms with E-state index in [9.17, 15) is 9.59 Å². The van der Waals surface area contributed by atoms with Gasteiger partial charge < -0.3 is 14.2 Å². The lowest BCUT2D eigenvalue weighted by Gasteiger charge is -2.17. The molecule has 2 saturated heterocycles. The molecule has 0 aliphatic carbocycles. The largest absolute Gasteiger partial charge is 0.465 e. The van der Waals surface area contributed by atoms with E-state index in [1.165, 1.54) is 0 Å². The first kappa shape index (κ1) is 12.2. The van der Waals surface area contributed by atoms with Crippen LogP contribution in [0.4, 0.5) is 0 Å². The fourth-order valence-electron chi connectivity index (χ4n) is 2.86. The lowest BCUT2D eigenvalue weighted by atomic mass is 10.0. The summed E-state index contributed by atoms with van der Waals surface area (Å²) in [5, 5.41) is 3.90. The van der Waals surface area contributed by atoms with E-state index in [0.29, 0.717) is 43.1 Å². The maximum atomic E-state index is 12.5. The molecule has 0 unspecified atom stereocenters. The molecule has 19 heavy (non-hydrogen) atoms. The van der Waals surface area contributed by atoms with E-state index in [-0.39, 0.29) is 23.7 Å². The number of hydrogen-bond donors (Lipinski definition) is 0. The van der Waals surface area contributed by atoms with Crippen LogP contribution in [0.3, 0.4) is 0 Å². The van der Waals surface area contributed by atoms with Crippen molar-refractivity contribution in [3.05, 3.63) is 17.0 Å². The third-order valence-electron chi connectivity index (χ3n) is 3.95. The lowest BCUT2D eigenvalue weighted by Crippen LogP contribution is -2.31.